The summed E-state index contributed by atoms with van der Waals surface area (Å²) >= 11 is 0. The molecule has 1 heterocycles. The molecule has 2 rings (SSSR count). The number of rotatable bonds is 5. The molecule has 3 heteroatoms. The van der Waals surface area contributed by atoms with Gasteiger partial charge in [-0.05, 0) is 32.4 Å². The van der Waals surface area contributed by atoms with Gasteiger partial charge in [0.05, 0.1) is 0 Å². The van der Waals surface area contributed by atoms with Crippen molar-refractivity contribution in [3.05, 3.63) is 35.4 Å². The maximum Gasteiger partial charge on any atom is 0.0450 e. The second kappa shape index (κ2) is 7.21. The molecule has 0 radical (unpaired) electrons. The van der Waals surface area contributed by atoms with Crippen LogP contribution in [0.3, 0.4) is 0 Å². The van der Waals surface area contributed by atoms with E-state index in [9.17, 15) is 0 Å². The molecule has 1 saturated heterocycles. The zero-order chi connectivity index (χ0) is 14.5. The molecule has 20 heavy (non-hydrogen) atoms. The summed E-state index contributed by atoms with van der Waals surface area (Å²) in [5.41, 5.74) is 9.00. The molecule has 0 aliphatic carbocycles. The van der Waals surface area contributed by atoms with Crippen LogP contribution in [0.4, 0.5) is 0 Å². The molecule has 1 aliphatic rings. The molecule has 2 N–H and O–H groups in total. The van der Waals surface area contributed by atoms with Crippen molar-refractivity contribution < 1.29 is 0 Å². The lowest BCUT2D eigenvalue weighted by molar-refractivity contribution is 0.0919. The van der Waals surface area contributed by atoms with Gasteiger partial charge < -0.3 is 10.6 Å². The van der Waals surface area contributed by atoms with Crippen molar-refractivity contribution >= 4 is 0 Å². The van der Waals surface area contributed by atoms with E-state index in [-0.39, 0.29) is 6.04 Å². The first-order valence-electron chi connectivity index (χ1n) is 7.90. The minimum atomic E-state index is 0.105. The van der Waals surface area contributed by atoms with E-state index in [1.165, 1.54) is 37.2 Å². The van der Waals surface area contributed by atoms with Gasteiger partial charge in [-0.15, -0.1) is 0 Å². The van der Waals surface area contributed by atoms with Gasteiger partial charge in [-0.25, -0.2) is 0 Å². The Labute approximate surface area is 123 Å². The molecule has 112 valence electrons. The van der Waals surface area contributed by atoms with Gasteiger partial charge in [0.2, 0.25) is 0 Å². The summed E-state index contributed by atoms with van der Waals surface area (Å²) in [6, 6.07) is 9.16. The molecule has 1 fully saturated rings. The predicted molar refractivity (Wildman–Crippen MR) is 85.9 cm³/mol. The standard InChI is InChI=1S/C17H29N3/c1-4-9-19-10-12-20(13-11-19)15(3)17(18)16-7-5-14(2)6-8-16/h5-8,15,17H,4,9-13,18H2,1-3H3. The molecule has 2 atom stereocenters. The zero-order valence-electron chi connectivity index (χ0n) is 13.2. The van der Waals surface area contributed by atoms with E-state index in [2.05, 4.69) is 54.8 Å². The van der Waals surface area contributed by atoms with Crippen LogP contribution in [0.15, 0.2) is 24.3 Å². The number of piperazine rings is 1. The molecular formula is C17H29N3. The molecule has 0 saturated carbocycles. The van der Waals surface area contributed by atoms with Crippen LogP contribution in [0.2, 0.25) is 0 Å². The average Bonchev–Trinajstić information content (AvgIpc) is 2.48. The van der Waals surface area contributed by atoms with E-state index in [4.69, 9.17) is 5.73 Å². The summed E-state index contributed by atoms with van der Waals surface area (Å²) in [6.45, 7) is 12.5. The van der Waals surface area contributed by atoms with Gasteiger partial charge in [-0.3, -0.25) is 4.90 Å². The molecule has 3 nitrogen and oxygen atoms in total. The third-order valence-corrected chi connectivity index (χ3v) is 4.50. The normalized spacial score (nSPS) is 20.8. The van der Waals surface area contributed by atoms with Gasteiger partial charge in [0.1, 0.15) is 0 Å². The van der Waals surface area contributed by atoms with Crippen LogP contribution in [0.1, 0.15) is 37.4 Å². The fraction of sp³-hybridized carbons (Fsp3) is 0.647. The lowest BCUT2D eigenvalue weighted by Gasteiger charge is -2.40. The Hall–Kier alpha value is -0.900. The highest BCUT2D eigenvalue weighted by Crippen LogP contribution is 2.20. The Kier molecular flexibility index (Phi) is 5.58. The second-order valence-corrected chi connectivity index (χ2v) is 6.05. The number of hydrogen-bond acceptors (Lipinski definition) is 3. The van der Waals surface area contributed by atoms with Crippen LogP contribution >= 0.6 is 0 Å². The lowest BCUT2D eigenvalue weighted by Crippen LogP contribution is -2.52. The molecule has 0 aromatic heterocycles. The van der Waals surface area contributed by atoms with Crippen LogP contribution in [-0.4, -0.2) is 48.6 Å². The van der Waals surface area contributed by atoms with Crippen molar-refractivity contribution in [2.24, 2.45) is 5.73 Å². The average molecular weight is 275 g/mol. The van der Waals surface area contributed by atoms with Crippen LogP contribution in [0, 0.1) is 6.92 Å². The van der Waals surface area contributed by atoms with Crippen LogP contribution in [0.5, 0.6) is 0 Å². The van der Waals surface area contributed by atoms with E-state index in [1.807, 2.05) is 0 Å². The molecule has 2 unspecified atom stereocenters. The molecule has 0 spiro atoms. The summed E-state index contributed by atoms with van der Waals surface area (Å²) in [5.74, 6) is 0. The van der Waals surface area contributed by atoms with E-state index < -0.39 is 0 Å². The van der Waals surface area contributed by atoms with Crippen LogP contribution in [-0.2, 0) is 0 Å². The summed E-state index contributed by atoms with van der Waals surface area (Å²) < 4.78 is 0. The fourth-order valence-electron chi connectivity index (χ4n) is 3.00. The molecule has 0 bridgehead atoms. The van der Waals surface area contributed by atoms with Crippen LogP contribution < -0.4 is 5.73 Å². The number of aryl methyl sites for hydroxylation is 1. The lowest BCUT2D eigenvalue weighted by atomic mass is 9.98. The first-order valence-corrected chi connectivity index (χ1v) is 7.90. The van der Waals surface area contributed by atoms with Crippen molar-refractivity contribution in [1.29, 1.82) is 0 Å². The minimum Gasteiger partial charge on any atom is -0.323 e. The molecular weight excluding hydrogens is 246 g/mol. The Morgan fingerprint density at radius 1 is 1.10 bits per heavy atom. The summed E-state index contributed by atoms with van der Waals surface area (Å²) in [4.78, 5) is 5.09. The van der Waals surface area contributed by atoms with Crippen molar-refractivity contribution in [2.45, 2.75) is 39.3 Å². The number of benzene rings is 1. The predicted octanol–water partition coefficient (Wildman–Crippen LogP) is 2.41. The fourth-order valence-corrected chi connectivity index (χ4v) is 3.00. The summed E-state index contributed by atoms with van der Waals surface area (Å²) in [7, 11) is 0. The quantitative estimate of drug-likeness (QED) is 0.895. The molecule has 1 aromatic carbocycles. The van der Waals surface area contributed by atoms with Gasteiger partial charge in [0.15, 0.2) is 0 Å². The van der Waals surface area contributed by atoms with Gasteiger partial charge in [0, 0.05) is 38.3 Å². The maximum atomic E-state index is 6.46. The molecule has 0 amide bonds. The Balaban J connectivity index is 1.91. The number of nitrogens with zero attached hydrogens (tertiary/aromatic N) is 2. The van der Waals surface area contributed by atoms with E-state index in [1.54, 1.807) is 0 Å². The highest BCUT2D eigenvalue weighted by atomic mass is 15.3. The Bertz CT molecular complexity index is 393. The first kappa shape index (κ1) is 15.5. The molecule has 1 aliphatic heterocycles. The maximum absolute atomic E-state index is 6.46. The van der Waals surface area contributed by atoms with E-state index in [0.29, 0.717) is 6.04 Å². The monoisotopic (exact) mass is 275 g/mol. The largest absolute Gasteiger partial charge is 0.323 e. The number of hydrogen-bond donors (Lipinski definition) is 1. The second-order valence-electron chi connectivity index (χ2n) is 6.05. The van der Waals surface area contributed by atoms with Gasteiger partial charge >= 0.3 is 0 Å². The topological polar surface area (TPSA) is 32.5 Å². The van der Waals surface area contributed by atoms with Crippen molar-refractivity contribution in [1.82, 2.24) is 9.80 Å². The summed E-state index contributed by atoms with van der Waals surface area (Å²) in [6.07, 6.45) is 1.25. The number of nitrogens with two attached hydrogens (primary N) is 1. The molecule has 1 aromatic rings. The van der Waals surface area contributed by atoms with E-state index >= 15 is 0 Å². The smallest absolute Gasteiger partial charge is 0.0450 e. The minimum absolute atomic E-state index is 0.105. The Morgan fingerprint density at radius 2 is 1.70 bits per heavy atom. The van der Waals surface area contributed by atoms with Gasteiger partial charge in [-0.2, -0.15) is 0 Å². The first-order chi connectivity index (χ1) is 9.61. The van der Waals surface area contributed by atoms with E-state index in [0.717, 1.165) is 13.1 Å². The van der Waals surface area contributed by atoms with Gasteiger partial charge in [0.25, 0.3) is 0 Å². The third-order valence-electron chi connectivity index (χ3n) is 4.50. The van der Waals surface area contributed by atoms with Crippen LogP contribution in [0.25, 0.3) is 0 Å². The zero-order valence-corrected chi connectivity index (χ0v) is 13.2. The van der Waals surface area contributed by atoms with Crippen molar-refractivity contribution in [2.75, 3.05) is 32.7 Å². The van der Waals surface area contributed by atoms with Gasteiger partial charge in [-0.1, -0.05) is 36.8 Å². The summed E-state index contributed by atoms with van der Waals surface area (Å²) in [5, 5.41) is 0. The van der Waals surface area contributed by atoms with Crippen molar-refractivity contribution in [3.8, 4) is 0 Å². The highest BCUT2D eigenvalue weighted by molar-refractivity contribution is 5.24. The van der Waals surface area contributed by atoms with Crippen molar-refractivity contribution in [3.63, 3.8) is 0 Å². The Morgan fingerprint density at radius 3 is 2.25 bits per heavy atom. The highest BCUT2D eigenvalue weighted by Gasteiger charge is 2.25. The third kappa shape index (κ3) is 3.81. The SMILES string of the molecule is CCCN1CCN(C(C)C(N)c2ccc(C)cc2)CC1.